The van der Waals surface area contributed by atoms with Crippen molar-refractivity contribution in [2.24, 2.45) is 5.73 Å². The van der Waals surface area contributed by atoms with Crippen LogP contribution in [0.2, 0.25) is 0 Å². The summed E-state index contributed by atoms with van der Waals surface area (Å²) < 4.78 is 5.44. The number of hydrogen-bond donors (Lipinski definition) is 1. The zero-order valence-corrected chi connectivity index (χ0v) is 14.8. The Balaban J connectivity index is 1.94. The van der Waals surface area contributed by atoms with Gasteiger partial charge < -0.3 is 10.3 Å². The zero-order chi connectivity index (χ0) is 17.8. The first-order valence-corrected chi connectivity index (χ1v) is 8.45. The van der Waals surface area contributed by atoms with Crippen LogP contribution in [0.15, 0.2) is 22.7 Å². The molecule has 0 atom stereocenters. The van der Waals surface area contributed by atoms with Crippen LogP contribution >= 0.6 is 0 Å². The maximum atomic E-state index is 5.57. The lowest BCUT2D eigenvalue weighted by atomic mass is 10.1. The van der Waals surface area contributed by atoms with Crippen molar-refractivity contribution in [2.45, 2.75) is 40.0 Å². The average molecular weight is 338 g/mol. The molecule has 7 nitrogen and oxygen atoms in total. The highest BCUT2D eigenvalue weighted by molar-refractivity contribution is 5.58. The number of pyridine rings is 1. The molecule has 0 saturated carbocycles. The van der Waals surface area contributed by atoms with Gasteiger partial charge in [0.1, 0.15) is 11.5 Å². The second-order valence-electron chi connectivity index (χ2n) is 5.97. The predicted molar refractivity (Wildman–Crippen MR) is 94.8 cm³/mol. The second-order valence-corrected chi connectivity index (χ2v) is 5.97. The fourth-order valence-electron chi connectivity index (χ4n) is 2.60. The molecular weight excluding hydrogens is 316 g/mol. The Morgan fingerprint density at radius 2 is 1.80 bits per heavy atom. The van der Waals surface area contributed by atoms with Crippen LogP contribution in [0.3, 0.4) is 0 Å². The van der Waals surface area contributed by atoms with Gasteiger partial charge in [0.25, 0.3) is 5.89 Å². The SMILES string of the molecule is CCc1cc(-c2noc(-c3cc(C)nc(CCCN)n3)n2)cc(C)n1. The van der Waals surface area contributed by atoms with Gasteiger partial charge in [-0.05, 0) is 51.4 Å². The molecule has 3 aromatic rings. The minimum atomic E-state index is 0.391. The first-order chi connectivity index (χ1) is 12.1. The summed E-state index contributed by atoms with van der Waals surface area (Å²) in [6.07, 6.45) is 2.43. The van der Waals surface area contributed by atoms with E-state index in [9.17, 15) is 0 Å². The topological polar surface area (TPSA) is 104 Å². The van der Waals surface area contributed by atoms with Gasteiger partial charge in [-0.25, -0.2) is 9.97 Å². The van der Waals surface area contributed by atoms with E-state index in [1.807, 2.05) is 32.0 Å². The Morgan fingerprint density at radius 1 is 1.00 bits per heavy atom. The van der Waals surface area contributed by atoms with Crippen molar-refractivity contribution in [3.63, 3.8) is 0 Å². The molecule has 2 N–H and O–H groups in total. The standard InChI is InChI=1S/C18H22N6O/c1-4-14-10-13(8-11(2)20-14)17-23-18(25-24-17)15-9-12(3)21-16(22-15)6-5-7-19/h8-10H,4-7,19H2,1-3H3. The molecule has 3 aromatic heterocycles. The Labute approximate surface area is 146 Å². The van der Waals surface area contributed by atoms with Crippen LogP contribution in [0.1, 0.15) is 36.3 Å². The minimum absolute atomic E-state index is 0.391. The molecule has 0 saturated heterocycles. The zero-order valence-electron chi connectivity index (χ0n) is 14.8. The molecule has 0 aliphatic rings. The molecule has 0 radical (unpaired) electrons. The smallest absolute Gasteiger partial charge is 0.276 e. The molecule has 0 fully saturated rings. The quantitative estimate of drug-likeness (QED) is 0.736. The van der Waals surface area contributed by atoms with Gasteiger partial charge >= 0.3 is 0 Å². The normalized spacial score (nSPS) is 11.0. The Kier molecular flexibility index (Phi) is 5.14. The maximum Gasteiger partial charge on any atom is 0.276 e. The summed E-state index contributed by atoms with van der Waals surface area (Å²) >= 11 is 0. The summed E-state index contributed by atoms with van der Waals surface area (Å²) in [4.78, 5) is 17.9. The summed E-state index contributed by atoms with van der Waals surface area (Å²) in [5.41, 5.74) is 9.90. The monoisotopic (exact) mass is 338 g/mol. The highest BCUT2D eigenvalue weighted by atomic mass is 16.5. The first-order valence-electron chi connectivity index (χ1n) is 8.45. The molecule has 3 rings (SSSR count). The number of aromatic nitrogens is 5. The largest absolute Gasteiger partial charge is 0.332 e. The van der Waals surface area contributed by atoms with Crippen molar-refractivity contribution in [3.8, 4) is 23.0 Å². The maximum absolute atomic E-state index is 5.57. The summed E-state index contributed by atoms with van der Waals surface area (Å²) in [7, 11) is 0. The van der Waals surface area contributed by atoms with Gasteiger partial charge in [-0.3, -0.25) is 4.98 Å². The molecule has 0 aliphatic carbocycles. The van der Waals surface area contributed by atoms with Crippen molar-refractivity contribution >= 4 is 0 Å². The van der Waals surface area contributed by atoms with Crippen molar-refractivity contribution < 1.29 is 4.52 Å². The fraction of sp³-hybridized carbons (Fsp3) is 0.389. The fourth-order valence-corrected chi connectivity index (χ4v) is 2.60. The van der Waals surface area contributed by atoms with Crippen LogP contribution in [-0.2, 0) is 12.8 Å². The molecule has 3 heterocycles. The average Bonchev–Trinajstić information content (AvgIpc) is 3.09. The van der Waals surface area contributed by atoms with Crippen LogP contribution < -0.4 is 5.73 Å². The number of aryl methyl sites for hydroxylation is 4. The molecule has 130 valence electrons. The van der Waals surface area contributed by atoms with Crippen molar-refractivity contribution in [2.75, 3.05) is 6.54 Å². The van der Waals surface area contributed by atoms with Crippen molar-refractivity contribution in [3.05, 3.63) is 41.1 Å². The van der Waals surface area contributed by atoms with E-state index in [1.54, 1.807) is 0 Å². The van der Waals surface area contributed by atoms with Gasteiger partial charge in [0, 0.05) is 29.1 Å². The minimum Gasteiger partial charge on any atom is -0.332 e. The second kappa shape index (κ2) is 7.48. The van der Waals surface area contributed by atoms with E-state index < -0.39 is 0 Å². The Morgan fingerprint density at radius 3 is 2.56 bits per heavy atom. The molecule has 7 heteroatoms. The molecule has 0 amide bonds. The van der Waals surface area contributed by atoms with Crippen molar-refractivity contribution in [1.29, 1.82) is 0 Å². The Bertz CT molecular complexity index is 874. The lowest BCUT2D eigenvalue weighted by Crippen LogP contribution is -2.04. The summed E-state index contributed by atoms with van der Waals surface area (Å²) in [5, 5.41) is 4.11. The third kappa shape index (κ3) is 4.06. The molecular formula is C18H22N6O. The highest BCUT2D eigenvalue weighted by Crippen LogP contribution is 2.22. The van der Waals surface area contributed by atoms with Gasteiger partial charge in [-0.2, -0.15) is 4.98 Å². The van der Waals surface area contributed by atoms with Gasteiger partial charge in [0.05, 0.1) is 0 Å². The van der Waals surface area contributed by atoms with Gasteiger partial charge in [-0.1, -0.05) is 12.1 Å². The highest BCUT2D eigenvalue weighted by Gasteiger charge is 2.14. The molecule has 0 unspecified atom stereocenters. The number of nitrogens with zero attached hydrogens (tertiary/aromatic N) is 5. The lowest BCUT2D eigenvalue weighted by molar-refractivity contribution is 0.430. The third-order valence-corrected chi connectivity index (χ3v) is 3.78. The van der Waals surface area contributed by atoms with Crippen LogP contribution in [0.4, 0.5) is 0 Å². The summed E-state index contributed by atoms with van der Waals surface area (Å²) in [6.45, 7) is 6.56. The van der Waals surface area contributed by atoms with Gasteiger partial charge in [-0.15, -0.1) is 0 Å². The lowest BCUT2D eigenvalue weighted by Gasteiger charge is -2.02. The van der Waals surface area contributed by atoms with Gasteiger partial charge in [0.15, 0.2) is 0 Å². The van der Waals surface area contributed by atoms with Crippen LogP contribution in [0, 0.1) is 13.8 Å². The molecule has 0 bridgehead atoms. The van der Waals surface area contributed by atoms with E-state index in [0.717, 1.165) is 47.7 Å². The Hall–Kier alpha value is -2.67. The van der Waals surface area contributed by atoms with Gasteiger partial charge in [0.2, 0.25) is 5.82 Å². The van der Waals surface area contributed by atoms with Crippen LogP contribution in [0.5, 0.6) is 0 Å². The van der Waals surface area contributed by atoms with E-state index in [4.69, 9.17) is 10.3 Å². The molecule has 0 spiro atoms. The summed E-state index contributed by atoms with van der Waals surface area (Å²) in [6, 6.07) is 5.78. The molecule has 25 heavy (non-hydrogen) atoms. The molecule has 0 aliphatic heterocycles. The molecule has 0 aromatic carbocycles. The summed E-state index contributed by atoms with van der Waals surface area (Å²) in [5.74, 6) is 1.67. The number of rotatable bonds is 6. The van der Waals surface area contributed by atoms with E-state index >= 15 is 0 Å². The van der Waals surface area contributed by atoms with E-state index in [0.29, 0.717) is 24.0 Å². The number of hydrogen-bond acceptors (Lipinski definition) is 7. The van der Waals surface area contributed by atoms with E-state index in [-0.39, 0.29) is 0 Å². The van der Waals surface area contributed by atoms with E-state index in [1.165, 1.54) is 0 Å². The van der Waals surface area contributed by atoms with Crippen molar-refractivity contribution in [1.82, 2.24) is 25.1 Å². The first kappa shape index (κ1) is 17.2. The third-order valence-electron chi connectivity index (χ3n) is 3.78. The van der Waals surface area contributed by atoms with Crippen LogP contribution in [-0.4, -0.2) is 31.6 Å². The van der Waals surface area contributed by atoms with Crippen LogP contribution in [0.25, 0.3) is 23.0 Å². The van der Waals surface area contributed by atoms with E-state index in [2.05, 4.69) is 32.0 Å². The number of nitrogens with two attached hydrogens (primary N) is 1. The predicted octanol–water partition coefficient (Wildman–Crippen LogP) is 2.66.